The van der Waals surface area contributed by atoms with E-state index in [1.54, 1.807) is 19.9 Å². The fourth-order valence-electron chi connectivity index (χ4n) is 1.40. The highest BCUT2D eigenvalue weighted by Gasteiger charge is 2.22. The molecule has 2 aromatic rings. The average Bonchev–Trinajstić information content (AvgIpc) is 2.75. The van der Waals surface area contributed by atoms with Crippen molar-refractivity contribution in [3.8, 4) is 0 Å². The van der Waals surface area contributed by atoms with Crippen molar-refractivity contribution in [2.24, 2.45) is 0 Å². The van der Waals surface area contributed by atoms with Gasteiger partial charge in [0.15, 0.2) is 0 Å². The van der Waals surface area contributed by atoms with E-state index >= 15 is 0 Å². The highest BCUT2D eigenvalue weighted by atomic mass is 79.9. The summed E-state index contributed by atoms with van der Waals surface area (Å²) in [5.41, 5.74) is 1.78. The van der Waals surface area contributed by atoms with Crippen molar-refractivity contribution >= 4 is 58.9 Å². The van der Waals surface area contributed by atoms with Gasteiger partial charge in [-0.1, -0.05) is 0 Å². The van der Waals surface area contributed by atoms with Gasteiger partial charge >= 0.3 is 0 Å². The van der Waals surface area contributed by atoms with Gasteiger partial charge in [0.1, 0.15) is 4.90 Å². The van der Waals surface area contributed by atoms with Crippen LogP contribution in [0.15, 0.2) is 18.5 Å². The quantitative estimate of drug-likeness (QED) is 0.807. The second kappa shape index (κ2) is 4.95. The molecule has 0 aliphatic rings. The summed E-state index contributed by atoms with van der Waals surface area (Å²) in [6, 6.07) is 1.56. The van der Waals surface area contributed by atoms with Gasteiger partial charge in [0, 0.05) is 0 Å². The number of nitrogens with zero attached hydrogens (tertiary/aromatic N) is 1. The molecule has 2 aromatic heterocycles. The number of nitrogens with one attached hydrogen (secondary N) is 2. The molecule has 0 unspecified atom stereocenters. The van der Waals surface area contributed by atoms with Crippen molar-refractivity contribution in [1.82, 2.24) is 10.2 Å². The van der Waals surface area contributed by atoms with Crippen molar-refractivity contribution < 1.29 is 8.42 Å². The number of hydrogen-bond donors (Lipinski definition) is 2. The lowest BCUT2D eigenvalue weighted by atomic mass is 10.3. The van der Waals surface area contributed by atoms with Crippen LogP contribution in [-0.2, 0) is 10.0 Å². The molecule has 2 heterocycles. The number of aryl methyl sites for hydroxylation is 2. The second-order valence-corrected chi connectivity index (χ2v) is 9.00. The van der Waals surface area contributed by atoms with Gasteiger partial charge in [-0.25, -0.2) is 8.42 Å². The summed E-state index contributed by atoms with van der Waals surface area (Å²) >= 11 is 7.81. The fraction of sp³-hybridized carbons (Fsp3) is 0.222. The molecule has 0 atom stereocenters. The molecule has 98 valence electrons. The van der Waals surface area contributed by atoms with Crippen LogP contribution < -0.4 is 4.72 Å². The van der Waals surface area contributed by atoms with E-state index in [-0.39, 0.29) is 4.90 Å². The Morgan fingerprint density at radius 2 is 2.06 bits per heavy atom. The maximum atomic E-state index is 12.2. The number of H-pyrrole nitrogens is 1. The fourth-order valence-corrected chi connectivity index (χ4v) is 6.39. The number of halogens is 2. The Morgan fingerprint density at radius 1 is 1.39 bits per heavy atom. The SMILES string of the molecule is Cc1n[nH]c(C)c1NS(=O)(=O)c1cc(Br)sc1Br. The van der Waals surface area contributed by atoms with E-state index in [1.165, 1.54) is 11.3 Å². The van der Waals surface area contributed by atoms with Gasteiger partial charge in [-0.2, -0.15) is 5.10 Å². The number of rotatable bonds is 3. The third-order valence-electron chi connectivity index (χ3n) is 2.28. The number of aromatic amines is 1. The maximum Gasteiger partial charge on any atom is 0.264 e. The van der Waals surface area contributed by atoms with E-state index in [0.29, 0.717) is 20.9 Å². The van der Waals surface area contributed by atoms with Crippen LogP contribution in [0.3, 0.4) is 0 Å². The summed E-state index contributed by atoms with van der Waals surface area (Å²) < 4.78 is 28.3. The minimum atomic E-state index is -3.61. The summed E-state index contributed by atoms with van der Waals surface area (Å²) in [4.78, 5) is 0.208. The van der Waals surface area contributed by atoms with Gasteiger partial charge in [-0.15, -0.1) is 11.3 Å². The third-order valence-corrected chi connectivity index (χ3v) is 6.38. The van der Waals surface area contributed by atoms with Gasteiger partial charge in [0.25, 0.3) is 10.0 Å². The first-order valence-electron chi connectivity index (χ1n) is 4.80. The van der Waals surface area contributed by atoms with E-state index in [0.717, 1.165) is 3.79 Å². The molecule has 0 aliphatic heterocycles. The van der Waals surface area contributed by atoms with Gasteiger partial charge in [0.2, 0.25) is 0 Å². The standard InChI is InChI=1S/C9H9Br2N3O2S2/c1-4-8(5(2)13-12-4)14-18(15,16)6-3-7(10)17-9(6)11/h3,14H,1-2H3,(H,12,13). The van der Waals surface area contributed by atoms with Crippen LogP contribution in [0.25, 0.3) is 0 Å². The predicted octanol–water partition coefficient (Wildman–Crippen LogP) is 3.41. The summed E-state index contributed by atoms with van der Waals surface area (Å²) in [5, 5.41) is 6.69. The molecule has 0 saturated heterocycles. The summed E-state index contributed by atoms with van der Waals surface area (Å²) in [6.07, 6.45) is 0. The molecular formula is C9H9Br2N3O2S2. The first kappa shape index (κ1) is 14.0. The molecule has 0 aliphatic carbocycles. The van der Waals surface area contributed by atoms with Gasteiger partial charge < -0.3 is 0 Å². The maximum absolute atomic E-state index is 12.2. The van der Waals surface area contributed by atoms with Gasteiger partial charge in [-0.3, -0.25) is 9.82 Å². The van der Waals surface area contributed by atoms with Crippen LogP contribution >= 0.6 is 43.2 Å². The zero-order chi connectivity index (χ0) is 13.5. The highest BCUT2D eigenvalue weighted by molar-refractivity contribution is 9.12. The zero-order valence-corrected chi connectivity index (χ0v) is 14.2. The highest BCUT2D eigenvalue weighted by Crippen LogP contribution is 2.36. The molecule has 18 heavy (non-hydrogen) atoms. The van der Waals surface area contributed by atoms with Crippen LogP contribution in [0, 0.1) is 13.8 Å². The lowest BCUT2D eigenvalue weighted by Gasteiger charge is -2.06. The van der Waals surface area contributed by atoms with Crippen molar-refractivity contribution in [2.75, 3.05) is 4.72 Å². The Kier molecular flexibility index (Phi) is 3.86. The normalized spacial score (nSPS) is 11.8. The van der Waals surface area contributed by atoms with Crippen molar-refractivity contribution in [2.45, 2.75) is 18.7 Å². The number of anilines is 1. The molecule has 0 aromatic carbocycles. The molecule has 0 fully saturated rings. The first-order valence-corrected chi connectivity index (χ1v) is 8.69. The second-order valence-electron chi connectivity index (χ2n) is 3.60. The monoisotopic (exact) mass is 413 g/mol. The Morgan fingerprint density at radius 3 is 2.50 bits per heavy atom. The van der Waals surface area contributed by atoms with Crippen LogP contribution in [-0.4, -0.2) is 18.6 Å². The molecule has 0 spiro atoms. The van der Waals surface area contributed by atoms with E-state index in [9.17, 15) is 8.42 Å². The van der Waals surface area contributed by atoms with E-state index < -0.39 is 10.0 Å². The van der Waals surface area contributed by atoms with Crippen LogP contribution in [0.2, 0.25) is 0 Å². The van der Waals surface area contributed by atoms with Crippen LogP contribution in [0.5, 0.6) is 0 Å². The molecule has 0 radical (unpaired) electrons. The number of hydrogen-bond acceptors (Lipinski definition) is 4. The van der Waals surface area contributed by atoms with Crippen LogP contribution in [0.1, 0.15) is 11.4 Å². The molecular weight excluding hydrogens is 406 g/mol. The number of sulfonamides is 1. The van der Waals surface area contributed by atoms with Crippen molar-refractivity contribution in [1.29, 1.82) is 0 Å². The minimum Gasteiger partial charge on any atom is -0.280 e. The molecule has 2 N–H and O–H groups in total. The third kappa shape index (κ3) is 2.63. The van der Waals surface area contributed by atoms with Crippen molar-refractivity contribution in [3.05, 3.63) is 25.0 Å². The van der Waals surface area contributed by atoms with Gasteiger partial charge in [0.05, 0.1) is 24.6 Å². The zero-order valence-electron chi connectivity index (χ0n) is 9.41. The Hall–Kier alpha value is -0.380. The molecule has 0 bridgehead atoms. The summed E-state index contributed by atoms with van der Waals surface area (Å²) in [7, 11) is -3.61. The van der Waals surface area contributed by atoms with Crippen LogP contribution in [0.4, 0.5) is 5.69 Å². The van der Waals surface area contributed by atoms with E-state index in [2.05, 4.69) is 46.8 Å². The first-order chi connectivity index (χ1) is 8.31. The Bertz CT molecular complexity index is 671. The summed E-state index contributed by atoms with van der Waals surface area (Å²) in [5.74, 6) is 0. The summed E-state index contributed by atoms with van der Waals surface area (Å²) in [6.45, 7) is 3.50. The minimum absolute atomic E-state index is 0.208. The Labute approximate surface area is 125 Å². The molecule has 0 amide bonds. The van der Waals surface area contributed by atoms with Crippen molar-refractivity contribution in [3.63, 3.8) is 0 Å². The lowest BCUT2D eigenvalue weighted by Crippen LogP contribution is -2.13. The Balaban J connectivity index is 2.42. The molecule has 2 rings (SSSR count). The van der Waals surface area contributed by atoms with E-state index in [1.807, 2.05) is 0 Å². The molecule has 9 heteroatoms. The lowest BCUT2D eigenvalue weighted by molar-refractivity contribution is 0.601. The number of aromatic nitrogens is 2. The number of thiophene rings is 1. The van der Waals surface area contributed by atoms with E-state index in [4.69, 9.17) is 0 Å². The smallest absolute Gasteiger partial charge is 0.264 e. The average molecular weight is 415 g/mol. The largest absolute Gasteiger partial charge is 0.280 e. The molecule has 5 nitrogen and oxygen atoms in total. The molecule has 0 saturated carbocycles. The topological polar surface area (TPSA) is 74.8 Å². The van der Waals surface area contributed by atoms with Gasteiger partial charge in [-0.05, 0) is 51.8 Å². The predicted molar refractivity (Wildman–Crippen MR) is 78.6 cm³/mol.